The molecule has 0 aromatic rings. The van der Waals surface area contributed by atoms with E-state index in [2.05, 4.69) is 6.58 Å². The van der Waals surface area contributed by atoms with Gasteiger partial charge in [-0.05, 0) is 13.3 Å². The van der Waals surface area contributed by atoms with Crippen molar-refractivity contribution < 1.29 is 27.5 Å². The maximum Gasteiger partial charge on any atom is 0.530 e. The minimum atomic E-state index is -2.79. The van der Waals surface area contributed by atoms with Gasteiger partial charge in [0.05, 0.1) is 13.2 Å². The summed E-state index contributed by atoms with van der Waals surface area (Å²) in [6.07, 6.45) is 1.31. The number of ether oxygens (including phenoxy) is 2. The first-order chi connectivity index (χ1) is 9.47. The Morgan fingerprint density at radius 3 is 2.10 bits per heavy atom. The zero-order chi connectivity index (χ0) is 15.6. The molecule has 0 amide bonds. The molecule has 0 fully saturated rings. The Balaban J connectivity index is 4.14. The Morgan fingerprint density at radius 1 is 1.15 bits per heavy atom. The first-order valence-electron chi connectivity index (χ1n) is 6.57. The molecule has 20 heavy (non-hydrogen) atoms. The number of carbonyl (C=O) groups is 1. The molecule has 0 rings (SSSR count). The van der Waals surface area contributed by atoms with E-state index in [-0.39, 0.29) is 11.7 Å². The van der Waals surface area contributed by atoms with Crippen LogP contribution in [0.2, 0.25) is 0 Å². The summed E-state index contributed by atoms with van der Waals surface area (Å²) in [6.45, 7) is 7.83. The summed E-state index contributed by atoms with van der Waals surface area (Å²) >= 11 is 0. The van der Waals surface area contributed by atoms with Crippen molar-refractivity contribution >= 4 is 14.8 Å². The third-order valence-electron chi connectivity index (χ3n) is 2.81. The summed E-state index contributed by atoms with van der Waals surface area (Å²) in [5.41, 5.74) is 0.154. The minimum Gasteiger partial charge on any atom is -0.462 e. The second-order valence-electron chi connectivity index (χ2n) is 4.25. The summed E-state index contributed by atoms with van der Waals surface area (Å²) in [6, 6.07) is 0. The van der Waals surface area contributed by atoms with Gasteiger partial charge in [0.1, 0.15) is 5.73 Å². The van der Waals surface area contributed by atoms with Crippen LogP contribution in [0.1, 0.15) is 26.7 Å². The summed E-state index contributed by atoms with van der Waals surface area (Å²) < 4.78 is 26.9. The van der Waals surface area contributed by atoms with Crippen molar-refractivity contribution in [1.29, 1.82) is 0 Å². The van der Waals surface area contributed by atoms with Gasteiger partial charge >= 0.3 is 14.8 Å². The highest BCUT2D eigenvalue weighted by atomic mass is 28.4. The average molecular weight is 306 g/mol. The molecule has 118 valence electrons. The average Bonchev–Trinajstić information content (AvgIpc) is 2.46. The van der Waals surface area contributed by atoms with E-state index in [0.717, 1.165) is 0 Å². The lowest BCUT2D eigenvalue weighted by Crippen LogP contribution is -2.55. The van der Waals surface area contributed by atoms with Crippen molar-refractivity contribution in [1.82, 2.24) is 0 Å². The third-order valence-corrected chi connectivity index (χ3v) is 5.88. The lowest BCUT2D eigenvalue weighted by Gasteiger charge is -2.31. The topological polar surface area (TPSA) is 63.2 Å². The Labute approximate surface area is 122 Å². The van der Waals surface area contributed by atoms with Crippen LogP contribution < -0.4 is 0 Å². The monoisotopic (exact) mass is 306 g/mol. The Morgan fingerprint density at radius 2 is 1.70 bits per heavy atom. The molecule has 6 nitrogen and oxygen atoms in total. The van der Waals surface area contributed by atoms with Gasteiger partial charge in [-0.3, -0.25) is 0 Å². The smallest absolute Gasteiger partial charge is 0.462 e. The summed E-state index contributed by atoms with van der Waals surface area (Å²) in [5.74, 6) is -0.383. The molecule has 1 atom stereocenters. The van der Waals surface area contributed by atoms with Gasteiger partial charge in [0, 0.05) is 33.3 Å². The molecule has 1 unspecified atom stereocenters. The Hall–Kier alpha value is -0.733. The van der Waals surface area contributed by atoms with E-state index in [9.17, 15) is 4.79 Å². The van der Waals surface area contributed by atoms with E-state index in [4.69, 9.17) is 22.8 Å². The summed E-state index contributed by atoms with van der Waals surface area (Å²) in [4.78, 5) is 11.2. The zero-order valence-electron chi connectivity index (χ0n) is 13.1. The molecule has 0 bridgehead atoms. The Bertz CT molecular complexity index is 295. The van der Waals surface area contributed by atoms with E-state index < -0.39 is 8.80 Å². The van der Waals surface area contributed by atoms with Gasteiger partial charge in [-0.2, -0.15) is 0 Å². The fourth-order valence-corrected chi connectivity index (χ4v) is 3.80. The quantitative estimate of drug-likeness (QED) is 0.251. The molecular formula is C13H26O6Si. The van der Waals surface area contributed by atoms with E-state index >= 15 is 0 Å². The van der Waals surface area contributed by atoms with Gasteiger partial charge in [-0.1, -0.05) is 13.5 Å². The first kappa shape index (κ1) is 19.3. The van der Waals surface area contributed by atoms with Crippen LogP contribution in [0.15, 0.2) is 12.2 Å². The number of hydrogen-bond acceptors (Lipinski definition) is 6. The number of hydrogen-bond donors (Lipinski definition) is 0. The minimum absolute atomic E-state index is 0.237. The highest BCUT2D eigenvalue weighted by Crippen LogP contribution is 2.18. The van der Waals surface area contributed by atoms with Crippen LogP contribution in [0.4, 0.5) is 0 Å². The molecule has 0 radical (unpaired) electrons. The SMILES string of the molecule is C=C(C)C(=O)OCCCOC(CC)[Si](OC)(OC)OC. The lowest BCUT2D eigenvalue weighted by atomic mass is 10.4. The van der Waals surface area contributed by atoms with E-state index in [1.807, 2.05) is 6.92 Å². The molecule has 0 saturated carbocycles. The highest BCUT2D eigenvalue weighted by molar-refractivity contribution is 6.62. The van der Waals surface area contributed by atoms with Gasteiger partial charge in [-0.15, -0.1) is 0 Å². The standard InChI is InChI=1S/C13H26O6Si/c1-7-12(20(15-4,16-5)17-6)18-9-8-10-19-13(14)11(2)3/h12H,2,7-10H2,1,3-6H3. The van der Waals surface area contributed by atoms with Gasteiger partial charge in [0.25, 0.3) is 0 Å². The van der Waals surface area contributed by atoms with Crippen molar-refractivity contribution in [2.45, 2.75) is 32.4 Å². The predicted octanol–water partition coefficient (Wildman–Crippen LogP) is 1.71. The van der Waals surface area contributed by atoms with Crippen molar-refractivity contribution in [3.05, 3.63) is 12.2 Å². The zero-order valence-corrected chi connectivity index (χ0v) is 14.1. The van der Waals surface area contributed by atoms with E-state index in [1.54, 1.807) is 28.3 Å². The number of esters is 1. The molecule has 0 aliphatic carbocycles. The largest absolute Gasteiger partial charge is 0.530 e. The molecule has 0 aromatic heterocycles. The first-order valence-corrected chi connectivity index (χ1v) is 8.37. The molecule has 0 aliphatic rings. The summed E-state index contributed by atoms with van der Waals surface area (Å²) in [5, 5.41) is 0. The highest BCUT2D eigenvalue weighted by Gasteiger charge is 2.47. The molecule has 0 N–H and O–H groups in total. The molecule has 0 heterocycles. The van der Waals surface area contributed by atoms with Gasteiger partial charge < -0.3 is 22.8 Å². The van der Waals surface area contributed by atoms with Gasteiger partial charge in [-0.25, -0.2) is 4.79 Å². The third kappa shape index (κ3) is 5.72. The van der Waals surface area contributed by atoms with E-state index in [1.165, 1.54) is 0 Å². The number of carbonyl (C=O) groups excluding carboxylic acids is 1. The van der Waals surface area contributed by atoms with Gasteiger partial charge in [0.15, 0.2) is 0 Å². The molecule has 7 heteroatoms. The molecular weight excluding hydrogens is 280 g/mol. The van der Waals surface area contributed by atoms with Crippen molar-refractivity contribution in [2.24, 2.45) is 0 Å². The molecule has 0 aliphatic heterocycles. The molecule has 0 saturated heterocycles. The fraction of sp³-hybridized carbons (Fsp3) is 0.769. The summed E-state index contributed by atoms with van der Waals surface area (Å²) in [7, 11) is 1.88. The van der Waals surface area contributed by atoms with Crippen molar-refractivity contribution in [3.8, 4) is 0 Å². The van der Waals surface area contributed by atoms with Crippen LogP contribution in [0.25, 0.3) is 0 Å². The van der Waals surface area contributed by atoms with Crippen molar-refractivity contribution in [2.75, 3.05) is 34.5 Å². The lowest BCUT2D eigenvalue weighted by molar-refractivity contribution is -0.139. The van der Waals surface area contributed by atoms with E-state index in [0.29, 0.717) is 31.6 Å². The maximum absolute atomic E-state index is 11.2. The predicted molar refractivity (Wildman–Crippen MR) is 77.2 cm³/mol. The van der Waals surface area contributed by atoms with Crippen LogP contribution in [0.3, 0.4) is 0 Å². The normalized spacial score (nSPS) is 13.1. The van der Waals surface area contributed by atoms with Gasteiger partial charge in [0.2, 0.25) is 0 Å². The molecule has 0 aromatic carbocycles. The van der Waals surface area contributed by atoms with Crippen LogP contribution >= 0.6 is 0 Å². The maximum atomic E-state index is 11.2. The van der Waals surface area contributed by atoms with Crippen LogP contribution in [0, 0.1) is 0 Å². The second-order valence-corrected chi connectivity index (χ2v) is 7.33. The molecule has 0 spiro atoms. The van der Waals surface area contributed by atoms with Crippen LogP contribution in [-0.2, 0) is 27.5 Å². The van der Waals surface area contributed by atoms with Crippen LogP contribution in [0.5, 0.6) is 0 Å². The van der Waals surface area contributed by atoms with Crippen molar-refractivity contribution in [3.63, 3.8) is 0 Å². The Kier molecular flexibility index (Phi) is 9.69. The second kappa shape index (κ2) is 10.1. The van der Waals surface area contributed by atoms with Crippen LogP contribution in [-0.4, -0.2) is 55.0 Å². The fourth-order valence-electron chi connectivity index (χ4n) is 1.69. The number of rotatable bonds is 11.